The van der Waals surface area contributed by atoms with Crippen LogP contribution < -0.4 is 4.90 Å². The molecule has 0 bridgehead atoms. The second kappa shape index (κ2) is 34.8. The Morgan fingerprint density at radius 1 is 0.407 bits per heavy atom. The van der Waals surface area contributed by atoms with Crippen LogP contribution >= 0.6 is 0 Å². The Labute approximate surface area is 334 Å². The van der Waals surface area contributed by atoms with E-state index in [2.05, 4.69) is 49.1 Å². The Morgan fingerprint density at radius 3 is 0.944 bits per heavy atom. The molecule has 0 aromatic heterocycles. The molecule has 4 nitrogen and oxygen atoms in total. The Morgan fingerprint density at radius 2 is 0.667 bits per heavy atom. The minimum atomic E-state index is -0.349. The van der Waals surface area contributed by atoms with Crippen molar-refractivity contribution >= 4 is 23.5 Å². The fraction of sp³-hybridized carbons (Fsp3) is 0.720. The third-order valence-corrected chi connectivity index (χ3v) is 11.4. The van der Waals surface area contributed by atoms with E-state index in [1.807, 2.05) is 6.08 Å². The van der Waals surface area contributed by atoms with E-state index in [4.69, 9.17) is 0 Å². The summed E-state index contributed by atoms with van der Waals surface area (Å²) in [6, 6.07) is 15.7. The summed E-state index contributed by atoms with van der Waals surface area (Å²) in [6.45, 7) is 6.89. The average Bonchev–Trinajstić information content (AvgIpc) is 3.19. The summed E-state index contributed by atoms with van der Waals surface area (Å²) in [4.78, 5) is 13.3. The molecule has 0 unspecified atom stereocenters. The third-order valence-electron chi connectivity index (χ3n) is 11.4. The normalized spacial score (nSPS) is 11.5. The standard InChI is InChI=1S/C50H84N2O2/c1-3-5-7-9-11-13-15-17-19-21-23-25-27-29-31-33-45-51(46-34-32-30-28-26-24-22-20-18-16-14-12-10-8-6-4-2)49-41-37-47(38-42-49)35-36-48-39-43-50(44-40-48)52(53)54/h35-44H,3-34,45-46H2,1-2H3/b36-35+. The van der Waals surface area contributed by atoms with Crippen LogP contribution in [0.1, 0.15) is 230 Å². The summed E-state index contributed by atoms with van der Waals surface area (Å²) in [5, 5.41) is 11.0. The number of unbranched alkanes of at least 4 members (excludes halogenated alkanes) is 30. The topological polar surface area (TPSA) is 46.4 Å². The fourth-order valence-corrected chi connectivity index (χ4v) is 7.77. The summed E-state index contributed by atoms with van der Waals surface area (Å²) in [7, 11) is 0. The van der Waals surface area contributed by atoms with Gasteiger partial charge < -0.3 is 4.90 Å². The van der Waals surface area contributed by atoms with Crippen LogP contribution in [0, 0.1) is 10.1 Å². The van der Waals surface area contributed by atoms with E-state index in [9.17, 15) is 10.1 Å². The maximum Gasteiger partial charge on any atom is 0.269 e. The molecular weight excluding hydrogens is 661 g/mol. The van der Waals surface area contributed by atoms with Crippen LogP contribution in [-0.2, 0) is 0 Å². The second-order valence-corrected chi connectivity index (χ2v) is 16.4. The number of hydrogen-bond donors (Lipinski definition) is 0. The number of nitro benzene ring substituents is 1. The van der Waals surface area contributed by atoms with Crippen molar-refractivity contribution in [1.29, 1.82) is 0 Å². The predicted octanol–water partition coefficient (Wildman–Crippen LogP) is 17.1. The van der Waals surface area contributed by atoms with Gasteiger partial charge in [0.25, 0.3) is 5.69 Å². The molecule has 2 rings (SSSR count). The van der Waals surface area contributed by atoms with Crippen molar-refractivity contribution in [3.8, 4) is 0 Å². The monoisotopic (exact) mass is 745 g/mol. The summed E-state index contributed by atoms with van der Waals surface area (Å²) < 4.78 is 0. The largest absolute Gasteiger partial charge is 0.372 e. The lowest BCUT2D eigenvalue weighted by Crippen LogP contribution is -2.25. The lowest BCUT2D eigenvalue weighted by molar-refractivity contribution is -0.384. The highest BCUT2D eigenvalue weighted by atomic mass is 16.6. The van der Waals surface area contributed by atoms with Gasteiger partial charge in [-0.1, -0.05) is 231 Å². The highest BCUT2D eigenvalue weighted by Crippen LogP contribution is 2.21. The summed E-state index contributed by atoms with van der Waals surface area (Å²) in [5.41, 5.74) is 3.59. The zero-order valence-corrected chi connectivity index (χ0v) is 35.5. The minimum absolute atomic E-state index is 0.130. The van der Waals surface area contributed by atoms with Crippen LogP contribution in [-0.4, -0.2) is 18.0 Å². The van der Waals surface area contributed by atoms with Crippen LogP contribution in [0.4, 0.5) is 11.4 Å². The summed E-state index contributed by atoms with van der Waals surface area (Å²) in [6.07, 6.45) is 49.2. The molecule has 2 aromatic rings. The zero-order chi connectivity index (χ0) is 38.6. The first-order valence-corrected chi connectivity index (χ1v) is 23.4. The van der Waals surface area contributed by atoms with Gasteiger partial charge in [-0.15, -0.1) is 0 Å². The molecule has 0 N–H and O–H groups in total. The number of rotatable bonds is 38. The fourth-order valence-electron chi connectivity index (χ4n) is 7.77. The lowest BCUT2D eigenvalue weighted by Gasteiger charge is -2.25. The SMILES string of the molecule is CCCCCCCCCCCCCCCCCCN(CCCCCCCCCCCCCCCCCC)c1ccc(/C=C/c2ccc([N+](=O)[O-])cc2)cc1. The lowest BCUT2D eigenvalue weighted by atomic mass is 10.0. The summed E-state index contributed by atoms with van der Waals surface area (Å²) in [5.74, 6) is 0. The second-order valence-electron chi connectivity index (χ2n) is 16.4. The number of nitrogens with zero attached hydrogens (tertiary/aromatic N) is 2. The molecule has 4 heteroatoms. The van der Waals surface area contributed by atoms with Crippen LogP contribution in [0.5, 0.6) is 0 Å². The van der Waals surface area contributed by atoms with Gasteiger partial charge in [0.05, 0.1) is 4.92 Å². The number of benzene rings is 2. The first kappa shape index (κ1) is 47.5. The first-order valence-electron chi connectivity index (χ1n) is 23.4. The van der Waals surface area contributed by atoms with Crippen molar-refractivity contribution < 1.29 is 4.92 Å². The molecule has 0 aliphatic heterocycles. The zero-order valence-electron chi connectivity index (χ0n) is 35.5. The van der Waals surface area contributed by atoms with E-state index in [0.717, 1.165) is 24.2 Å². The quantitative estimate of drug-likeness (QED) is 0.0298. The van der Waals surface area contributed by atoms with E-state index < -0.39 is 0 Å². The van der Waals surface area contributed by atoms with Crippen LogP contribution in [0.3, 0.4) is 0 Å². The van der Waals surface area contributed by atoms with E-state index in [-0.39, 0.29) is 10.6 Å². The Bertz CT molecular complexity index is 1110. The highest BCUT2D eigenvalue weighted by Gasteiger charge is 2.07. The molecule has 0 spiro atoms. The van der Waals surface area contributed by atoms with Crippen molar-refractivity contribution in [2.75, 3.05) is 18.0 Å². The van der Waals surface area contributed by atoms with Crippen molar-refractivity contribution in [3.05, 3.63) is 69.8 Å². The molecule has 0 aliphatic carbocycles. The molecule has 2 aromatic carbocycles. The maximum atomic E-state index is 11.0. The molecule has 0 aliphatic rings. The Hall–Kier alpha value is -2.62. The van der Waals surface area contributed by atoms with Gasteiger partial charge in [0.2, 0.25) is 0 Å². The van der Waals surface area contributed by atoms with E-state index in [0.29, 0.717) is 0 Å². The molecule has 0 saturated carbocycles. The van der Waals surface area contributed by atoms with Crippen molar-refractivity contribution in [2.45, 2.75) is 219 Å². The predicted molar refractivity (Wildman–Crippen MR) is 240 cm³/mol. The van der Waals surface area contributed by atoms with Gasteiger partial charge in [0, 0.05) is 30.9 Å². The third kappa shape index (κ3) is 26.2. The number of nitro groups is 1. The van der Waals surface area contributed by atoms with Crippen LogP contribution in [0.25, 0.3) is 12.2 Å². The van der Waals surface area contributed by atoms with Gasteiger partial charge in [-0.3, -0.25) is 10.1 Å². The maximum absolute atomic E-state index is 11.0. The average molecular weight is 745 g/mol. The van der Waals surface area contributed by atoms with Crippen molar-refractivity contribution in [3.63, 3.8) is 0 Å². The molecular formula is C50H84N2O2. The molecule has 54 heavy (non-hydrogen) atoms. The van der Waals surface area contributed by atoms with Gasteiger partial charge in [0.15, 0.2) is 0 Å². The van der Waals surface area contributed by atoms with E-state index in [1.165, 1.54) is 211 Å². The number of hydrogen-bond acceptors (Lipinski definition) is 3. The molecule has 306 valence electrons. The molecule has 0 radical (unpaired) electrons. The smallest absolute Gasteiger partial charge is 0.269 e. The van der Waals surface area contributed by atoms with E-state index >= 15 is 0 Å². The van der Waals surface area contributed by atoms with Gasteiger partial charge in [0.1, 0.15) is 0 Å². The van der Waals surface area contributed by atoms with Crippen molar-refractivity contribution in [2.24, 2.45) is 0 Å². The van der Waals surface area contributed by atoms with Crippen molar-refractivity contribution in [1.82, 2.24) is 0 Å². The van der Waals surface area contributed by atoms with Gasteiger partial charge >= 0.3 is 0 Å². The Kier molecular flexibility index (Phi) is 30.7. The minimum Gasteiger partial charge on any atom is -0.372 e. The van der Waals surface area contributed by atoms with Gasteiger partial charge in [-0.05, 0) is 48.2 Å². The molecule has 0 atom stereocenters. The number of non-ortho nitro benzene ring substituents is 1. The first-order chi connectivity index (χ1) is 26.6. The molecule has 0 fully saturated rings. The van der Waals surface area contributed by atoms with Gasteiger partial charge in [-0.2, -0.15) is 0 Å². The van der Waals surface area contributed by atoms with Gasteiger partial charge in [-0.25, -0.2) is 0 Å². The molecule has 0 amide bonds. The van der Waals surface area contributed by atoms with E-state index in [1.54, 1.807) is 24.3 Å². The number of anilines is 1. The molecule has 0 heterocycles. The highest BCUT2D eigenvalue weighted by molar-refractivity contribution is 5.71. The summed E-state index contributed by atoms with van der Waals surface area (Å²) >= 11 is 0. The van der Waals surface area contributed by atoms with Crippen LogP contribution in [0.2, 0.25) is 0 Å². The Balaban J connectivity index is 1.65. The van der Waals surface area contributed by atoms with Crippen LogP contribution in [0.15, 0.2) is 48.5 Å². The molecule has 0 saturated heterocycles.